The second-order valence-electron chi connectivity index (χ2n) is 6.42. The third-order valence-corrected chi connectivity index (χ3v) is 4.07. The van der Waals surface area contributed by atoms with Crippen LogP contribution < -0.4 is 5.32 Å². The second kappa shape index (κ2) is 4.06. The smallest absolute Gasteiger partial charge is 0.0729 e. The molecule has 2 nitrogen and oxygen atoms in total. The molecule has 0 amide bonds. The van der Waals surface area contributed by atoms with E-state index in [-0.39, 0.29) is 0 Å². The van der Waals surface area contributed by atoms with Crippen molar-refractivity contribution in [2.24, 2.45) is 11.3 Å². The normalized spacial score (nSPS) is 42.4. The van der Waals surface area contributed by atoms with Gasteiger partial charge in [0.2, 0.25) is 0 Å². The summed E-state index contributed by atoms with van der Waals surface area (Å²) >= 11 is 0. The summed E-state index contributed by atoms with van der Waals surface area (Å²) in [6, 6.07) is 1.14. The molecular weight excluding hydrogens is 186 g/mol. The van der Waals surface area contributed by atoms with Crippen LogP contribution in [0.3, 0.4) is 0 Å². The lowest BCUT2D eigenvalue weighted by Crippen LogP contribution is -2.56. The summed E-state index contributed by atoms with van der Waals surface area (Å²) in [6.07, 6.45) is 4.35. The fourth-order valence-corrected chi connectivity index (χ4v) is 2.99. The monoisotopic (exact) mass is 211 g/mol. The maximum Gasteiger partial charge on any atom is 0.0729 e. The van der Waals surface area contributed by atoms with Crippen molar-refractivity contribution in [1.82, 2.24) is 5.32 Å². The van der Waals surface area contributed by atoms with Gasteiger partial charge in [0.1, 0.15) is 0 Å². The van der Waals surface area contributed by atoms with E-state index < -0.39 is 0 Å². The van der Waals surface area contributed by atoms with Crippen molar-refractivity contribution in [3.63, 3.8) is 0 Å². The van der Waals surface area contributed by atoms with E-state index in [9.17, 15) is 0 Å². The molecule has 88 valence electrons. The number of ether oxygens (including phenoxy) is 1. The van der Waals surface area contributed by atoms with Crippen molar-refractivity contribution in [2.45, 2.75) is 65.1 Å². The molecular formula is C13H25NO. The van der Waals surface area contributed by atoms with Crippen LogP contribution >= 0.6 is 0 Å². The molecule has 0 aromatic carbocycles. The first-order valence-electron chi connectivity index (χ1n) is 6.34. The first kappa shape index (κ1) is 11.4. The highest BCUT2D eigenvalue weighted by atomic mass is 16.5. The number of nitrogens with one attached hydrogen (secondary N) is 1. The van der Waals surface area contributed by atoms with Gasteiger partial charge in [0.15, 0.2) is 0 Å². The van der Waals surface area contributed by atoms with Crippen molar-refractivity contribution in [3.8, 4) is 0 Å². The lowest BCUT2D eigenvalue weighted by molar-refractivity contribution is -0.0619. The van der Waals surface area contributed by atoms with Gasteiger partial charge in [0, 0.05) is 12.1 Å². The highest BCUT2D eigenvalue weighted by molar-refractivity contribution is 4.93. The Hall–Kier alpha value is -0.0800. The van der Waals surface area contributed by atoms with Gasteiger partial charge in [-0.25, -0.2) is 0 Å². The Morgan fingerprint density at radius 1 is 1.20 bits per heavy atom. The summed E-state index contributed by atoms with van der Waals surface area (Å²) in [5.74, 6) is 0.847. The third-order valence-electron chi connectivity index (χ3n) is 4.07. The SMILES string of the molecule is CC1COC2CCC(C(C)(C)C)CC2N1. The van der Waals surface area contributed by atoms with Crippen LogP contribution in [0.1, 0.15) is 47.0 Å². The highest BCUT2D eigenvalue weighted by Gasteiger charge is 2.38. The molecule has 1 N–H and O–H groups in total. The van der Waals surface area contributed by atoms with Crippen molar-refractivity contribution < 1.29 is 4.74 Å². The van der Waals surface area contributed by atoms with Gasteiger partial charge in [0.05, 0.1) is 12.7 Å². The van der Waals surface area contributed by atoms with Gasteiger partial charge < -0.3 is 10.1 Å². The molecule has 1 aliphatic carbocycles. The topological polar surface area (TPSA) is 21.3 Å². The Morgan fingerprint density at radius 3 is 2.60 bits per heavy atom. The average molecular weight is 211 g/mol. The molecule has 15 heavy (non-hydrogen) atoms. The summed E-state index contributed by atoms with van der Waals surface area (Å²) in [5, 5.41) is 3.70. The maximum absolute atomic E-state index is 5.89. The first-order chi connectivity index (χ1) is 6.97. The van der Waals surface area contributed by atoms with Crippen LogP contribution in [0.4, 0.5) is 0 Å². The van der Waals surface area contributed by atoms with Gasteiger partial charge in [-0.1, -0.05) is 20.8 Å². The predicted molar refractivity (Wildman–Crippen MR) is 62.9 cm³/mol. The van der Waals surface area contributed by atoms with Crippen molar-refractivity contribution in [2.75, 3.05) is 6.61 Å². The molecule has 1 heterocycles. The molecule has 0 radical (unpaired) electrons. The van der Waals surface area contributed by atoms with Gasteiger partial charge in [0.25, 0.3) is 0 Å². The number of rotatable bonds is 0. The van der Waals surface area contributed by atoms with Gasteiger partial charge in [-0.3, -0.25) is 0 Å². The quantitative estimate of drug-likeness (QED) is 0.665. The van der Waals surface area contributed by atoms with Crippen LogP contribution in [-0.2, 0) is 4.74 Å². The highest BCUT2D eigenvalue weighted by Crippen LogP contribution is 2.39. The molecule has 4 atom stereocenters. The number of hydrogen-bond acceptors (Lipinski definition) is 2. The molecule has 2 aliphatic rings. The Morgan fingerprint density at radius 2 is 1.93 bits per heavy atom. The van der Waals surface area contributed by atoms with Crippen LogP contribution in [0.15, 0.2) is 0 Å². The van der Waals surface area contributed by atoms with Crippen LogP contribution in [0.5, 0.6) is 0 Å². The van der Waals surface area contributed by atoms with Crippen LogP contribution in [0, 0.1) is 11.3 Å². The molecule has 0 spiro atoms. The molecule has 2 rings (SSSR count). The predicted octanol–water partition coefficient (Wildman–Crippen LogP) is 2.58. The summed E-state index contributed by atoms with van der Waals surface area (Å²) in [4.78, 5) is 0. The Balaban J connectivity index is 1.97. The molecule has 0 aromatic rings. The molecule has 1 aliphatic heterocycles. The van der Waals surface area contributed by atoms with Crippen molar-refractivity contribution >= 4 is 0 Å². The van der Waals surface area contributed by atoms with Crippen LogP contribution in [0.25, 0.3) is 0 Å². The molecule has 0 bridgehead atoms. The minimum absolute atomic E-state index is 0.452. The first-order valence-corrected chi connectivity index (χ1v) is 6.34. The van der Waals surface area contributed by atoms with E-state index in [0.717, 1.165) is 12.5 Å². The molecule has 2 heteroatoms. The summed E-state index contributed by atoms with van der Waals surface area (Å²) < 4.78 is 5.89. The zero-order chi connectivity index (χ0) is 11.1. The zero-order valence-electron chi connectivity index (χ0n) is 10.5. The van der Waals surface area contributed by atoms with E-state index >= 15 is 0 Å². The number of hydrogen-bond donors (Lipinski definition) is 1. The van der Waals surface area contributed by atoms with Crippen molar-refractivity contribution in [1.29, 1.82) is 0 Å². The summed E-state index contributed by atoms with van der Waals surface area (Å²) in [5.41, 5.74) is 0.452. The largest absolute Gasteiger partial charge is 0.375 e. The molecule has 2 fully saturated rings. The maximum atomic E-state index is 5.89. The van der Waals surface area contributed by atoms with Crippen LogP contribution in [0.2, 0.25) is 0 Å². The number of fused-ring (bicyclic) bond motifs is 1. The van der Waals surface area contributed by atoms with E-state index in [0.29, 0.717) is 23.6 Å². The zero-order valence-corrected chi connectivity index (χ0v) is 10.5. The fraction of sp³-hybridized carbons (Fsp3) is 1.00. The molecule has 1 saturated carbocycles. The molecule has 1 saturated heterocycles. The van der Waals surface area contributed by atoms with Gasteiger partial charge >= 0.3 is 0 Å². The van der Waals surface area contributed by atoms with E-state index in [1.54, 1.807) is 0 Å². The number of morpholine rings is 1. The van der Waals surface area contributed by atoms with E-state index in [4.69, 9.17) is 4.74 Å². The third kappa shape index (κ3) is 2.54. The minimum Gasteiger partial charge on any atom is -0.375 e. The molecule has 4 unspecified atom stereocenters. The average Bonchev–Trinajstić information content (AvgIpc) is 2.15. The van der Waals surface area contributed by atoms with Gasteiger partial charge in [-0.2, -0.15) is 0 Å². The van der Waals surface area contributed by atoms with Crippen molar-refractivity contribution in [3.05, 3.63) is 0 Å². The van der Waals surface area contributed by atoms with Gasteiger partial charge in [-0.15, -0.1) is 0 Å². The Kier molecular flexibility index (Phi) is 3.09. The minimum atomic E-state index is 0.452. The van der Waals surface area contributed by atoms with Crippen LogP contribution in [-0.4, -0.2) is 24.8 Å². The lowest BCUT2D eigenvalue weighted by Gasteiger charge is -2.45. The Bertz CT molecular complexity index is 221. The lowest BCUT2D eigenvalue weighted by atomic mass is 9.70. The van der Waals surface area contributed by atoms with Gasteiger partial charge in [-0.05, 0) is 37.5 Å². The van der Waals surface area contributed by atoms with E-state index in [1.165, 1.54) is 19.3 Å². The fourth-order valence-electron chi connectivity index (χ4n) is 2.99. The second-order valence-corrected chi connectivity index (χ2v) is 6.42. The summed E-state index contributed by atoms with van der Waals surface area (Å²) in [7, 11) is 0. The van der Waals surface area contributed by atoms with E-state index in [2.05, 4.69) is 33.0 Å². The Labute approximate surface area is 93.8 Å². The van der Waals surface area contributed by atoms with E-state index in [1.807, 2.05) is 0 Å². The standard InChI is InChI=1S/C13H25NO/c1-9-8-15-12-6-5-10(13(2,3)4)7-11(12)14-9/h9-12,14H,5-8H2,1-4H3. The molecule has 0 aromatic heterocycles. The summed E-state index contributed by atoms with van der Waals surface area (Å²) in [6.45, 7) is 10.2.